The highest BCUT2D eigenvalue weighted by molar-refractivity contribution is 5.94. The van der Waals surface area contributed by atoms with Crippen molar-refractivity contribution < 1.29 is 9.90 Å². The molecular weight excluding hydrogens is 296 g/mol. The third kappa shape index (κ3) is 3.26. The number of carbonyl (C=O) groups excluding carboxylic acids is 1. The SMILES string of the molecule is Cc1nn(C)c(C)c1NC(=O)C(C)n1cc(C(C)(C)CO)nn1. The fourth-order valence-corrected chi connectivity index (χ4v) is 2.16. The molecule has 2 aromatic heterocycles. The Labute approximate surface area is 135 Å². The summed E-state index contributed by atoms with van der Waals surface area (Å²) in [5.74, 6) is -0.192. The second-order valence-electron chi connectivity index (χ2n) is 6.46. The zero-order chi connectivity index (χ0) is 17.4. The smallest absolute Gasteiger partial charge is 0.249 e. The van der Waals surface area contributed by atoms with Gasteiger partial charge in [0.1, 0.15) is 6.04 Å². The van der Waals surface area contributed by atoms with Crippen molar-refractivity contribution >= 4 is 11.6 Å². The number of aryl methyl sites for hydroxylation is 2. The molecule has 1 atom stereocenters. The molecule has 8 nitrogen and oxygen atoms in total. The zero-order valence-corrected chi connectivity index (χ0v) is 14.5. The molecule has 2 N–H and O–H groups in total. The van der Waals surface area contributed by atoms with Crippen molar-refractivity contribution in [2.45, 2.75) is 46.1 Å². The van der Waals surface area contributed by atoms with Gasteiger partial charge in [-0.25, -0.2) is 4.68 Å². The summed E-state index contributed by atoms with van der Waals surface area (Å²) >= 11 is 0. The number of aliphatic hydroxyl groups excluding tert-OH is 1. The maximum atomic E-state index is 12.5. The van der Waals surface area contributed by atoms with Gasteiger partial charge in [-0.3, -0.25) is 9.48 Å². The van der Waals surface area contributed by atoms with Crippen LogP contribution in [0.5, 0.6) is 0 Å². The van der Waals surface area contributed by atoms with Crippen molar-refractivity contribution in [2.24, 2.45) is 7.05 Å². The molecule has 2 heterocycles. The molecule has 2 aromatic rings. The molecule has 2 rings (SSSR count). The average molecular weight is 320 g/mol. The molecule has 0 bridgehead atoms. The zero-order valence-electron chi connectivity index (χ0n) is 14.5. The van der Waals surface area contributed by atoms with Gasteiger partial charge in [0.2, 0.25) is 5.91 Å². The van der Waals surface area contributed by atoms with Crippen molar-refractivity contribution in [3.8, 4) is 0 Å². The fourth-order valence-electron chi connectivity index (χ4n) is 2.16. The van der Waals surface area contributed by atoms with E-state index in [2.05, 4.69) is 20.7 Å². The predicted octanol–water partition coefficient (Wildman–Crippen LogP) is 1.10. The van der Waals surface area contributed by atoms with Gasteiger partial charge in [0.15, 0.2) is 0 Å². The van der Waals surface area contributed by atoms with Crippen molar-refractivity contribution in [3.05, 3.63) is 23.3 Å². The van der Waals surface area contributed by atoms with Gasteiger partial charge in [0.05, 0.1) is 29.4 Å². The maximum absolute atomic E-state index is 12.5. The Kier molecular flexibility index (Phi) is 4.56. The van der Waals surface area contributed by atoms with Gasteiger partial charge in [-0.2, -0.15) is 5.10 Å². The van der Waals surface area contributed by atoms with Crippen molar-refractivity contribution in [1.29, 1.82) is 0 Å². The Balaban J connectivity index is 2.17. The number of nitrogens with zero attached hydrogens (tertiary/aromatic N) is 5. The van der Waals surface area contributed by atoms with Crippen LogP contribution in [0.2, 0.25) is 0 Å². The van der Waals surface area contributed by atoms with Crippen molar-refractivity contribution in [2.75, 3.05) is 11.9 Å². The third-order valence-electron chi connectivity index (χ3n) is 4.13. The van der Waals surface area contributed by atoms with E-state index in [9.17, 15) is 9.90 Å². The lowest BCUT2D eigenvalue weighted by atomic mass is 9.91. The molecule has 0 spiro atoms. The lowest BCUT2D eigenvalue weighted by Gasteiger charge is -2.17. The predicted molar refractivity (Wildman–Crippen MR) is 86.2 cm³/mol. The van der Waals surface area contributed by atoms with E-state index in [1.54, 1.807) is 17.8 Å². The summed E-state index contributed by atoms with van der Waals surface area (Å²) in [6.07, 6.45) is 1.70. The first-order valence-corrected chi connectivity index (χ1v) is 7.51. The van der Waals surface area contributed by atoms with Gasteiger partial charge in [0.25, 0.3) is 0 Å². The number of aliphatic hydroxyl groups is 1. The van der Waals surface area contributed by atoms with Gasteiger partial charge < -0.3 is 10.4 Å². The number of hydrogen-bond donors (Lipinski definition) is 2. The van der Waals surface area contributed by atoms with Crippen LogP contribution in [-0.2, 0) is 17.3 Å². The van der Waals surface area contributed by atoms with Crippen LogP contribution in [0.1, 0.15) is 43.9 Å². The third-order valence-corrected chi connectivity index (χ3v) is 4.13. The molecule has 0 saturated heterocycles. The maximum Gasteiger partial charge on any atom is 0.249 e. The monoisotopic (exact) mass is 320 g/mol. The van der Waals surface area contributed by atoms with Gasteiger partial charge in [0, 0.05) is 18.7 Å². The van der Waals surface area contributed by atoms with Crippen LogP contribution in [0, 0.1) is 13.8 Å². The summed E-state index contributed by atoms with van der Waals surface area (Å²) in [5.41, 5.74) is 2.54. The molecule has 0 aliphatic rings. The molecule has 1 unspecified atom stereocenters. The van der Waals surface area contributed by atoms with Crippen LogP contribution in [0.25, 0.3) is 0 Å². The number of aromatic nitrogens is 5. The van der Waals surface area contributed by atoms with E-state index in [1.807, 2.05) is 34.7 Å². The Hall–Kier alpha value is -2.22. The highest BCUT2D eigenvalue weighted by atomic mass is 16.3. The number of hydrogen-bond acceptors (Lipinski definition) is 5. The van der Waals surface area contributed by atoms with Crippen molar-refractivity contribution in [1.82, 2.24) is 24.8 Å². The van der Waals surface area contributed by atoms with Crippen LogP contribution in [0.15, 0.2) is 6.20 Å². The Bertz CT molecular complexity index is 716. The molecule has 23 heavy (non-hydrogen) atoms. The molecule has 126 valence electrons. The van der Waals surface area contributed by atoms with Crippen LogP contribution < -0.4 is 5.32 Å². The molecule has 0 aliphatic carbocycles. The van der Waals surface area contributed by atoms with Gasteiger partial charge in [-0.05, 0) is 20.8 Å². The van der Waals surface area contributed by atoms with E-state index in [0.717, 1.165) is 17.1 Å². The van der Waals surface area contributed by atoms with E-state index >= 15 is 0 Å². The molecule has 8 heteroatoms. The topological polar surface area (TPSA) is 97.9 Å². The van der Waals surface area contributed by atoms with Gasteiger partial charge in [-0.15, -0.1) is 5.10 Å². The van der Waals surface area contributed by atoms with E-state index in [1.165, 1.54) is 4.68 Å². The Morgan fingerprint density at radius 3 is 2.61 bits per heavy atom. The highest BCUT2D eigenvalue weighted by Crippen LogP contribution is 2.22. The lowest BCUT2D eigenvalue weighted by Crippen LogP contribution is -2.25. The molecule has 0 saturated carbocycles. The summed E-state index contributed by atoms with van der Waals surface area (Å²) in [6.45, 7) is 9.20. The normalized spacial score (nSPS) is 13.2. The Morgan fingerprint density at radius 2 is 2.09 bits per heavy atom. The van der Waals surface area contributed by atoms with Gasteiger partial charge >= 0.3 is 0 Å². The summed E-state index contributed by atoms with van der Waals surface area (Å²) in [6, 6.07) is -0.523. The molecule has 0 fully saturated rings. The Morgan fingerprint density at radius 1 is 1.43 bits per heavy atom. The van der Waals surface area contributed by atoms with Crippen LogP contribution in [-0.4, -0.2) is 42.4 Å². The quantitative estimate of drug-likeness (QED) is 0.859. The van der Waals surface area contributed by atoms with Crippen LogP contribution in [0.4, 0.5) is 5.69 Å². The van der Waals surface area contributed by atoms with E-state index < -0.39 is 11.5 Å². The average Bonchev–Trinajstić information content (AvgIpc) is 3.08. The number of nitrogens with one attached hydrogen (secondary N) is 1. The largest absolute Gasteiger partial charge is 0.395 e. The van der Waals surface area contributed by atoms with Crippen molar-refractivity contribution in [3.63, 3.8) is 0 Å². The molecule has 0 aromatic carbocycles. The first kappa shape index (κ1) is 17.1. The second-order valence-corrected chi connectivity index (χ2v) is 6.46. The van der Waals surface area contributed by atoms with E-state index in [4.69, 9.17) is 0 Å². The van der Waals surface area contributed by atoms with E-state index in [-0.39, 0.29) is 12.5 Å². The first-order valence-electron chi connectivity index (χ1n) is 7.51. The van der Waals surface area contributed by atoms with Gasteiger partial charge in [-0.1, -0.05) is 19.1 Å². The van der Waals surface area contributed by atoms with Crippen LogP contribution >= 0.6 is 0 Å². The van der Waals surface area contributed by atoms with E-state index in [0.29, 0.717) is 5.69 Å². The minimum absolute atomic E-state index is 0.0413. The summed E-state index contributed by atoms with van der Waals surface area (Å²) in [4.78, 5) is 12.5. The molecule has 1 amide bonds. The molecule has 0 radical (unpaired) electrons. The standard InChI is InChI=1S/C15H24N6O2/c1-9-13(10(2)20(6)18-9)16-14(23)11(3)21-7-12(17-19-21)15(4,5)8-22/h7,11,22H,8H2,1-6H3,(H,16,23). The molecule has 0 aliphatic heterocycles. The lowest BCUT2D eigenvalue weighted by molar-refractivity contribution is -0.119. The number of amides is 1. The summed E-state index contributed by atoms with van der Waals surface area (Å²) in [5, 5.41) is 24.7. The number of anilines is 1. The fraction of sp³-hybridized carbons (Fsp3) is 0.600. The highest BCUT2D eigenvalue weighted by Gasteiger charge is 2.26. The number of rotatable bonds is 5. The summed E-state index contributed by atoms with van der Waals surface area (Å²) < 4.78 is 3.23. The second kappa shape index (κ2) is 6.11. The first-order chi connectivity index (χ1) is 10.7. The molecular formula is C15H24N6O2. The minimum Gasteiger partial charge on any atom is -0.395 e. The number of carbonyl (C=O) groups is 1. The minimum atomic E-state index is -0.523. The summed E-state index contributed by atoms with van der Waals surface area (Å²) in [7, 11) is 1.84. The van der Waals surface area contributed by atoms with Crippen LogP contribution in [0.3, 0.4) is 0 Å².